The molecule has 0 atom stereocenters. The second kappa shape index (κ2) is 5.62. The molecule has 0 saturated heterocycles. The third kappa shape index (κ3) is 2.80. The fourth-order valence-electron chi connectivity index (χ4n) is 2.37. The van der Waals surface area contributed by atoms with Gasteiger partial charge in [0, 0.05) is 18.8 Å². The van der Waals surface area contributed by atoms with Gasteiger partial charge in [-0.05, 0) is 25.0 Å². The maximum atomic E-state index is 8.86. The van der Waals surface area contributed by atoms with Crippen molar-refractivity contribution in [3.8, 4) is 6.07 Å². The molecule has 1 aromatic heterocycles. The molecule has 16 heavy (non-hydrogen) atoms. The number of hydrogen-bond donors (Lipinski definition) is 0. The molecule has 3 heteroatoms. The molecule has 0 aliphatic heterocycles. The van der Waals surface area contributed by atoms with Crippen molar-refractivity contribution in [2.75, 3.05) is 6.54 Å². The summed E-state index contributed by atoms with van der Waals surface area (Å²) in [7, 11) is 0. The molecule has 0 unspecified atom stereocenters. The maximum Gasteiger partial charge on any atom is 0.0871 e. The van der Waals surface area contributed by atoms with E-state index >= 15 is 0 Å². The summed E-state index contributed by atoms with van der Waals surface area (Å²) in [6.45, 7) is 1.32. The highest BCUT2D eigenvalue weighted by atomic mass is 15.2. The molecule has 0 amide bonds. The molecule has 0 bridgehead atoms. The van der Waals surface area contributed by atoms with Crippen molar-refractivity contribution in [1.29, 1.82) is 5.26 Å². The highest BCUT2D eigenvalue weighted by Gasteiger charge is 2.22. The predicted molar refractivity (Wildman–Crippen MR) is 62.5 cm³/mol. The predicted octanol–water partition coefficient (Wildman–Crippen LogP) is 2.35. The largest absolute Gasteiger partial charge is 0.282 e. The maximum absolute atomic E-state index is 8.86. The van der Waals surface area contributed by atoms with Crippen molar-refractivity contribution in [1.82, 2.24) is 9.88 Å². The van der Waals surface area contributed by atoms with Gasteiger partial charge >= 0.3 is 0 Å². The Hall–Kier alpha value is -1.40. The van der Waals surface area contributed by atoms with Gasteiger partial charge < -0.3 is 0 Å². The van der Waals surface area contributed by atoms with Gasteiger partial charge in [0.05, 0.1) is 18.3 Å². The topological polar surface area (TPSA) is 39.9 Å². The summed E-state index contributed by atoms with van der Waals surface area (Å²) in [6.07, 6.45) is 6.88. The number of nitrogens with zero attached hydrogens (tertiary/aromatic N) is 3. The SMILES string of the molecule is N#CCN(Cc1ccccn1)C1CCCC1. The monoisotopic (exact) mass is 215 g/mol. The quantitative estimate of drug-likeness (QED) is 0.724. The number of rotatable bonds is 4. The van der Waals surface area contributed by atoms with Gasteiger partial charge in [-0.3, -0.25) is 9.88 Å². The molecule has 1 aromatic rings. The summed E-state index contributed by atoms with van der Waals surface area (Å²) >= 11 is 0. The van der Waals surface area contributed by atoms with Gasteiger partial charge in [0.25, 0.3) is 0 Å². The molecule has 1 fully saturated rings. The van der Waals surface area contributed by atoms with Crippen molar-refractivity contribution >= 4 is 0 Å². The summed E-state index contributed by atoms with van der Waals surface area (Å²) < 4.78 is 0. The first-order chi connectivity index (χ1) is 7.90. The van der Waals surface area contributed by atoms with Crippen LogP contribution in [0.3, 0.4) is 0 Å². The van der Waals surface area contributed by atoms with E-state index in [1.54, 1.807) is 0 Å². The minimum atomic E-state index is 0.515. The summed E-state index contributed by atoms with van der Waals surface area (Å²) in [5.41, 5.74) is 1.06. The summed E-state index contributed by atoms with van der Waals surface area (Å²) in [5.74, 6) is 0. The van der Waals surface area contributed by atoms with Crippen LogP contribution in [-0.4, -0.2) is 22.5 Å². The Labute approximate surface area is 96.7 Å². The van der Waals surface area contributed by atoms with Gasteiger partial charge in [0.15, 0.2) is 0 Å². The number of nitriles is 1. The lowest BCUT2D eigenvalue weighted by Gasteiger charge is -2.25. The lowest BCUT2D eigenvalue weighted by molar-refractivity contribution is 0.211. The lowest BCUT2D eigenvalue weighted by atomic mass is 10.2. The Morgan fingerprint density at radius 3 is 2.81 bits per heavy atom. The summed E-state index contributed by atoms with van der Waals surface area (Å²) in [4.78, 5) is 6.58. The molecule has 3 nitrogen and oxygen atoms in total. The van der Waals surface area contributed by atoms with E-state index in [2.05, 4.69) is 16.0 Å². The van der Waals surface area contributed by atoms with E-state index in [9.17, 15) is 0 Å². The van der Waals surface area contributed by atoms with Crippen LogP contribution in [0.5, 0.6) is 0 Å². The average Bonchev–Trinajstić information content (AvgIpc) is 2.83. The van der Waals surface area contributed by atoms with E-state index in [-0.39, 0.29) is 0 Å². The zero-order valence-electron chi connectivity index (χ0n) is 9.47. The zero-order chi connectivity index (χ0) is 11.2. The molecule has 2 rings (SSSR count). The first-order valence-corrected chi connectivity index (χ1v) is 5.91. The van der Waals surface area contributed by atoms with Crippen LogP contribution in [0.2, 0.25) is 0 Å². The van der Waals surface area contributed by atoms with Crippen LogP contribution in [0, 0.1) is 11.3 Å². The molecular formula is C13H17N3. The molecule has 84 valence electrons. The number of aromatic nitrogens is 1. The Morgan fingerprint density at radius 1 is 1.38 bits per heavy atom. The van der Waals surface area contributed by atoms with Crippen LogP contribution < -0.4 is 0 Å². The van der Waals surface area contributed by atoms with E-state index in [0.29, 0.717) is 12.6 Å². The lowest BCUT2D eigenvalue weighted by Crippen LogP contribution is -2.33. The Bertz CT molecular complexity index is 349. The molecule has 0 aromatic carbocycles. The zero-order valence-corrected chi connectivity index (χ0v) is 9.47. The second-order valence-corrected chi connectivity index (χ2v) is 4.32. The fraction of sp³-hybridized carbons (Fsp3) is 0.538. The van der Waals surface area contributed by atoms with Crippen molar-refractivity contribution < 1.29 is 0 Å². The second-order valence-electron chi connectivity index (χ2n) is 4.32. The standard InChI is InChI=1S/C13H17N3/c14-8-10-16(13-6-1-2-7-13)11-12-5-3-4-9-15-12/h3-5,9,13H,1-2,6-7,10-11H2. The molecule has 0 radical (unpaired) electrons. The Kier molecular flexibility index (Phi) is 3.90. The summed E-state index contributed by atoms with van der Waals surface area (Å²) in [5, 5.41) is 8.86. The molecule has 1 aliphatic carbocycles. The molecule has 1 aliphatic rings. The highest BCUT2D eigenvalue weighted by Crippen LogP contribution is 2.24. The Morgan fingerprint density at radius 2 is 2.19 bits per heavy atom. The fourth-order valence-corrected chi connectivity index (χ4v) is 2.37. The van der Waals surface area contributed by atoms with Gasteiger partial charge in [-0.25, -0.2) is 0 Å². The first-order valence-electron chi connectivity index (χ1n) is 5.91. The van der Waals surface area contributed by atoms with E-state index in [1.807, 2.05) is 24.4 Å². The molecule has 0 N–H and O–H groups in total. The normalized spacial score (nSPS) is 16.5. The van der Waals surface area contributed by atoms with Crippen molar-refractivity contribution in [3.05, 3.63) is 30.1 Å². The van der Waals surface area contributed by atoms with E-state index in [1.165, 1.54) is 25.7 Å². The average molecular weight is 215 g/mol. The van der Waals surface area contributed by atoms with Gasteiger partial charge in [0.1, 0.15) is 0 Å². The van der Waals surface area contributed by atoms with Crippen LogP contribution in [0.4, 0.5) is 0 Å². The van der Waals surface area contributed by atoms with Gasteiger partial charge in [-0.1, -0.05) is 18.9 Å². The van der Waals surface area contributed by atoms with Crippen molar-refractivity contribution in [2.24, 2.45) is 0 Å². The van der Waals surface area contributed by atoms with E-state index in [0.717, 1.165) is 12.2 Å². The number of hydrogen-bond acceptors (Lipinski definition) is 3. The van der Waals surface area contributed by atoms with Crippen LogP contribution in [0.15, 0.2) is 24.4 Å². The molecular weight excluding hydrogens is 198 g/mol. The Balaban J connectivity index is 2.00. The molecule has 1 saturated carbocycles. The highest BCUT2D eigenvalue weighted by molar-refractivity contribution is 5.04. The smallest absolute Gasteiger partial charge is 0.0871 e. The van der Waals surface area contributed by atoms with E-state index < -0.39 is 0 Å². The van der Waals surface area contributed by atoms with Crippen LogP contribution in [0.1, 0.15) is 31.4 Å². The molecule has 1 heterocycles. The van der Waals surface area contributed by atoms with Crippen molar-refractivity contribution in [2.45, 2.75) is 38.3 Å². The minimum absolute atomic E-state index is 0.515. The molecule has 0 spiro atoms. The van der Waals surface area contributed by atoms with E-state index in [4.69, 9.17) is 5.26 Å². The minimum Gasteiger partial charge on any atom is -0.282 e. The van der Waals surface area contributed by atoms with Crippen molar-refractivity contribution in [3.63, 3.8) is 0 Å². The van der Waals surface area contributed by atoms with Gasteiger partial charge in [0.2, 0.25) is 0 Å². The van der Waals surface area contributed by atoms with Gasteiger partial charge in [-0.15, -0.1) is 0 Å². The van der Waals surface area contributed by atoms with Crippen LogP contribution in [0.25, 0.3) is 0 Å². The van der Waals surface area contributed by atoms with Gasteiger partial charge in [-0.2, -0.15) is 5.26 Å². The first kappa shape index (κ1) is 11.1. The van der Waals surface area contributed by atoms with Crippen LogP contribution >= 0.6 is 0 Å². The van der Waals surface area contributed by atoms with Crippen LogP contribution in [-0.2, 0) is 6.54 Å². The summed E-state index contributed by atoms with van der Waals surface area (Å²) in [6, 6.07) is 8.80. The number of pyridine rings is 1. The third-order valence-corrected chi connectivity index (χ3v) is 3.21. The third-order valence-electron chi connectivity index (χ3n) is 3.21.